The third-order valence-electron chi connectivity index (χ3n) is 2.20. The number of rotatable bonds is 6. The maximum atomic E-state index is 10.6. The Kier molecular flexibility index (Phi) is 4.97. The standard InChI is InChI=1S/C10H10BrN3O3S2/c11-6-1-7(18-4-6)2-14-8(3-15)12-13-10(14)19-5-9(16)17/h1,4,15H,2-3,5H2,(H,16,17). The quantitative estimate of drug-likeness (QED) is 0.761. The Balaban J connectivity index is 2.20. The number of carbonyl (C=O) groups is 1. The van der Waals surface area contributed by atoms with Crippen LogP contribution in [0.5, 0.6) is 0 Å². The summed E-state index contributed by atoms with van der Waals surface area (Å²) in [5.41, 5.74) is 0. The SMILES string of the molecule is O=C(O)CSc1nnc(CO)n1Cc1cc(Br)cs1. The first-order chi connectivity index (χ1) is 9.10. The number of halogens is 1. The van der Waals surface area contributed by atoms with Crippen LogP contribution in [0.25, 0.3) is 0 Å². The molecule has 0 fully saturated rings. The van der Waals surface area contributed by atoms with Gasteiger partial charge in [-0.2, -0.15) is 0 Å². The summed E-state index contributed by atoms with van der Waals surface area (Å²) in [4.78, 5) is 11.7. The zero-order valence-corrected chi connectivity index (χ0v) is 12.8. The predicted octanol–water partition coefficient (Wildman–Crippen LogP) is 1.82. The molecule has 9 heteroatoms. The molecule has 0 atom stereocenters. The van der Waals surface area contributed by atoms with Crippen LogP contribution in [-0.4, -0.2) is 36.7 Å². The first-order valence-electron chi connectivity index (χ1n) is 5.20. The Hall–Kier alpha value is -0.900. The molecule has 2 aromatic rings. The molecule has 0 aliphatic carbocycles. The predicted molar refractivity (Wildman–Crippen MR) is 75.4 cm³/mol. The van der Waals surface area contributed by atoms with Crippen molar-refractivity contribution in [2.24, 2.45) is 0 Å². The second-order valence-electron chi connectivity index (χ2n) is 3.56. The van der Waals surface area contributed by atoms with Crippen LogP contribution in [0.1, 0.15) is 10.7 Å². The molecular weight excluding hydrogens is 354 g/mol. The van der Waals surface area contributed by atoms with Crippen molar-refractivity contribution in [3.8, 4) is 0 Å². The number of hydrogen-bond donors (Lipinski definition) is 2. The summed E-state index contributed by atoms with van der Waals surface area (Å²) >= 11 is 6.04. The third-order valence-corrected chi connectivity index (χ3v) is 4.83. The number of thiophene rings is 1. The van der Waals surface area contributed by atoms with E-state index < -0.39 is 5.97 Å². The second kappa shape index (κ2) is 6.51. The van der Waals surface area contributed by atoms with E-state index in [1.165, 1.54) is 0 Å². The summed E-state index contributed by atoms with van der Waals surface area (Å²) in [5, 5.41) is 28.2. The average Bonchev–Trinajstić information content (AvgIpc) is 2.94. The van der Waals surface area contributed by atoms with E-state index in [1.807, 2.05) is 11.4 Å². The number of aliphatic hydroxyl groups is 1. The van der Waals surface area contributed by atoms with Crippen molar-refractivity contribution in [3.05, 3.63) is 26.6 Å². The largest absolute Gasteiger partial charge is 0.481 e. The van der Waals surface area contributed by atoms with E-state index in [9.17, 15) is 9.90 Å². The Morgan fingerprint density at radius 3 is 2.89 bits per heavy atom. The van der Waals surface area contributed by atoms with Crippen LogP contribution in [0.2, 0.25) is 0 Å². The van der Waals surface area contributed by atoms with Gasteiger partial charge in [-0.15, -0.1) is 21.5 Å². The molecule has 2 N–H and O–H groups in total. The van der Waals surface area contributed by atoms with Crippen LogP contribution in [0.4, 0.5) is 0 Å². The van der Waals surface area contributed by atoms with Crippen molar-refractivity contribution in [2.45, 2.75) is 18.3 Å². The molecular formula is C10H10BrN3O3S2. The van der Waals surface area contributed by atoms with Gasteiger partial charge in [0.2, 0.25) is 0 Å². The molecule has 0 spiro atoms. The lowest BCUT2D eigenvalue weighted by Gasteiger charge is -2.06. The zero-order valence-electron chi connectivity index (χ0n) is 9.61. The molecule has 19 heavy (non-hydrogen) atoms. The summed E-state index contributed by atoms with van der Waals surface area (Å²) in [6, 6.07) is 1.97. The number of carboxylic acids is 1. The number of aliphatic hydroxyl groups excluding tert-OH is 1. The molecule has 0 aliphatic heterocycles. The van der Waals surface area contributed by atoms with E-state index in [0.29, 0.717) is 17.5 Å². The molecule has 0 saturated carbocycles. The first kappa shape index (κ1) is 14.5. The van der Waals surface area contributed by atoms with Gasteiger partial charge in [0.1, 0.15) is 6.61 Å². The Morgan fingerprint density at radius 1 is 1.53 bits per heavy atom. The Labute approximate surface area is 125 Å². The minimum absolute atomic E-state index is 0.0856. The topological polar surface area (TPSA) is 88.2 Å². The fourth-order valence-corrected chi connectivity index (χ4v) is 3.54. The van der Waals surface area contributed by atoms with Crippen LogP contribution in [0.3, 0.4) is 0 Å². The molecule has 0 aromatic carbocycles. The molecule has 0 saturated heterocycles. The third kappa shape index (κ3) is 3.78. The molecule has 0 radical (unpaired) electrons. The second-order valence-corrected chi connectivity index (χ2v) is 6.41. The monoisotopic (exact) mass is 363 g/mol. The molecule has 6 nitrogen and oxygen atoms in total. The summed E-state index contributed by atoms with van der Waals surface area (Å²) in [7, 11) is 0. The normalized spacial score (nSPS) is 10.8. The van der Waals surface area contributed by atoms with Gasteiger partial charge in [-0.25, -0.2) is 0 Å². The van der Waals surface area contributed by atoms with Gasteiger partial charge in [-0.1, -0.05) is 11.8 Å². The van der Waals surface area contributed by atoms with Gasteiger partial charge in [0, 0.05) is 14.7 Å². The van der Waals surface area contributed by atoms with Crippen molar-refractivity contribution in [3.63, 3.8) is 0 Å². The smallest absolute Gasteiger partial charge is 0.313 e. The molecule has 2 heterocycles. The Bertz CT molecular complexity index is 584. The van der Waals surface area contributed by atoms with Crippen LogP contribution >= 0.6 is 39.0 Å². The van der Waals surface area contributed by atoms with Crippen LogP contribution < -0.4 is 0 Å². The van der Waals surface area contributed by atoms with Crippen molar-refractivity contribution in [2.75, 3.05) is 5.75 Å². The maximum absolute atomic E-state index is 10.6. The van der Waals surface area contributed by atoms with E-state index in [-0.39, 0.29) is 12.4 Å². The Morgan fingerprint density at radius 2 is 2.32 bits per heavy atom. The average molecular weight is 364 g/mol. The highest BCUT2D eigenvalue weighted by Gasteiger charge is 2.14. The highest BCUT2D eigenvalue weighted by molar-refractivity contribution is 9.10. The minimum atomic E-state index is -0.913. The molecule has 2 rings (SSSR count). The number of carboxylic acid groups (broad SMARTS) is 1. The minimum Gasteiger partial charge on any atom is -0.481 e. The van der Waals surface area contributed by atoms with Gasteiger partial charge < -0.3 is 10.2 Å². The fourth-order valence-electron chi connectivity index (χ4n) is 1.42. The van der Waals surface area contributed by atoms with Crippen molar-refractivity contribution < 1.29 is 15.0 Å². The number of aromatic nitrogens is 3. The summed E-state index contributed by atoms with van der Waals surface area (Å²) < 4.78 is 2.72. The molecule has 2 aromatic heterocycles. The lowest BCUT2D eigenvalue weighted by molar-refractivity contribution is -0.133. The molecule has 0 amide bonds. The lowest BCUT2D eigenvalue weighted by Crippen LogP contribution is -2.07. The van der Waals surface area contributed by atoms with E-state index in [4.69, 9.17) is 5.11 Å². The van der Waals surface area contributed by atoms with E-state index in [2.05, 4.69) is 26.1 Å². The van der Waals surface area contributed by atoms with Gasteiger partial charge >= 0.3 is 5.97 Å². The zero-order chi connectivity index (χ0) is 13.8. The van der Waals surface area contributed by atoms with Gasteiger partial charge in [0.05, 0.1) is 12.3 Å². The van der Waals surface area contributed by atoms with Crippen molar-refractivity contribution in [1.82, 2.24) is 14.8 Å². The lowest BCUT2D eigenvalue weighted by atomic mass is 10.4. The van der Waals surface area contributed by atoms with Crippen LogP contribution in [0.15, 0.2) is 21.1 Å². The highest BCUT2D eigenvalue weighted by atomic mass is 79.9. The fraction of sp³-hybridized carbons (Fsp3) is 0.300. The maximum Gasteiger partial charge on any atom is 0.313 e. The summed E-state index contributed by atoms with van der Waals surface area (Å²) in [6.45, 7) is 0.286. The van der Waals surface area contributed by atoms with Crippen molar-refractivity contribution in [1.29, 1.82) is 0 Å². The molecule has 0 bridgehead atoms. The molecule has 0 unspecified atom stereocenters. The van der Waals surface area contributed by atoms with Crippen LogP contribution in [0, 0.1) is 0 Å². The summed E-state index contributed by atoms with van der Waals surface area (Å²) in [5.74, 6) is -0.570. The van der Waals surface area contributed by atoms with Gasteiger partial charge in [0.15, 0.2) is 11.0 Å². The van der Waals surface area contributed by atoms with Crippen LogP contribution in [-0.2, 0) is 17.9 Å². The van der Waals surface area contributed by atoms with E-state index in [1.54, 1.807) is 15.9 Å². The number of thioether (sulfide) groups is 1. The highest BCUT2D eigenvalue weighted by Crippen LogP contribution is 2.24. The van der Waals surface area contributed by atoms with E-state index >= 15 is 0 Å². The van der Waals surface area contributed by atoms with Crippen molar-refractivity contribution >= 4 is 45.0 Å². The first-order valence-corrected chi connectivity index (χ1v) is 7.86. The number of aliphatic carboxylic acids is 1. The number of nitrogens with zero attached hydrogens (tertiary/aromatic N) is 3. The number of hydrogen-bond acceptors (Lipinski definition) is 6. The van der Waals surface area contributed by atoms with Gasteiger partial charge in [-0.05, 0) is 22.0 Å². The summed E-state index contributed by atoms with van der Waals surface area (Å²) in [6.07, 6.45) is 0. The van der Waals surface area contributed by atoms with E-state index in [0.717, 1.165) is 21.1 Å². The molecule has 102 valence electrons. The molecule has 0 aliphatic rings. The van der Waals surface area contributed by atoms with Gasteiger partial charge in [0.25, 0.3) is 0 Å². The van der Waals surface area contributed by atoms with Gasteiger partial charge in [-0.3, -0.25) is 9.36 Å².